The van der Waals surface area contributed by atoms with E-state index in [1.165, 1.54) is 23.4 Å². The lowest BCUT2D eigenvalue weighted by Gasteiger charge is -2.26. The van der Waals surface area contributed by atoms with Crippen molar-refractivity contribution in [2.45, 2.75) is 39.0 Å². The van der Waals surface area contributed by atoms with Crippen LogP contribution in [0, 0.1) is 9.87 Å². The van der Waals surface area contributed by atoms with Crippen molar-refractivity contribution < 1.29 is 0 Å². The summed E-state index contributed by atoms with van der Waals surface area (Å²) in [7, 11) is 0. The van der Waals surface area contributed by atoms with Crippen LogP contribution in [0.4, 0.5) is 0 Å². The van der Waals surface area contributed by atoms with E-state index in [2.05, 4.69) is 62.4 Å². The number of hydrogen-bond donors (Lipinski definition) is 0. The van der Waals surface area contributed by atoms with E-state index in [1.54, 1.807) is 11.3 Å². The van der Waals surface area contributed by atoms with Gasteiger partial charge in [-0.05, 0) is 87.3 Å². The third kappa shape index (κ3) is 2.82. The Morgan fingerprint density at radius 3 is 2.57 bits per heavy atom. The van der Waals surface area contributed by atoms with Gasteiger partial charge in [0, 0.05) is 19.5 Å². The first-order chi connectivity index (χ1) is 10.0. The molecule has 21 heavy (non-hydrogen) atoms. The molecule has 1 heterocycles. The van der Waals surface area contributed by atoms with Gasteiger partial charge < -0.3 is 0 Å². The molecule has 0 aliphatic heterocycles. The summed E-state index contributed by atoms with van der Waals surface area (Å²) in [4.78, 5) is 1.50. The Morgan fingerprint density at radius 1 is 1.29 bits per heavy atom. The van der Waals surface area contributed by atoms with Gasteiger partial charge in [0.2, 0.25) is 0 Å². The lowest BCUT2D eigenvalue weighted by atomic mass is 9.84. The molecule has 1 unspecified atom stereocenters. The Labute approximate surface area is 151 Å². The highest BCUT2D eigenvalue weighted by atomic mass is 79.9. The van der Waals surface area contributed by atoms with Crippen LogP contribution in [0.1, 0.15) is 43.2 Å². The number of halogens is 2. The largest absolute Gasteiger partial charge is 0.293 e. The second-order valence-corrected chi connectivity index (χ2v) is 9.21. The van der Waals surface area contributed by atoms with E-state index in [0.717, 1.165) is 25.0 Å². The molecule has 1 nitrogen and oxygen atoms in total. The number of hydrogen-bond acceptors (Lipinski definition) is 2. The highest BCUT2D eigenvalue weighted by molar-refractivity contribution is 9.11. The van der Waals surface area contributed by atoms with Crippen LogP contribution < -0.4 is 0 Å². The molecule has 1 aliphatic rings. The summed E-state index contributed by atoms with van der Waals surface area (Å²) in [5.41, 5.74) is 2.56. The maximum atomic E-state index is 5.70. The van der Waals surface area contributed by atoms with Crippen LogP contribution in [0.2, 0.25) is 0 Å². The maximum Gasteiger partial charge on any atom is 0.166 e. The van der Waals surface area contributed by atoms with Crippen molar-refractivity contribution in [3.05, 3.63) is 41.7 Å². The minimum absolute atomic E-state index is 0.656. The second-order valence-electron chi connectivity index (χ2n) is 5.83. The highest BCUT2D eigenvalue weighted by Crippen LogP contribution is 2.43. The average molecular weight is 447 g/mol. The molecule has 0 fully saturated rings. The summed E-state index contributed by atoms with van der Waals surface area (Å²) >= 11 is 14.9. The fourth-order valence-electron chi connectivity index (χ4n) is 3.13. The van der Waals surface area contributed by atoms with E-state index in [-0.39, 0.29) is 0 Å². The summed E-state index contributed by atoms with van der Waals surface area (Å²) in [6.07, 6.45) is 3.67. The first kappa shape index (κ1) is 15.9. The van der Waals surface area contributed by atoms with Gasteiger partial charge >= 0.3 is 0 Å². The van der Waals surface area contributed by atoms with Gasteiger partial charge in [-0.3, -0.25) is 4.57 Å². The summed E-state index contributed by atoms with van der Waals surface area (Å²) < 4.78 is 5.40. The van der Waals surface area contributed by atoms with Gasteiger partial charge in [0.25, 0.3) is 0 Å². The Balaban J connectivity index is 2.24. The summed E-state index contributed by atoms with van der Waals surface area (Å²) in [6, 6.07) is 6.19. The van der Waals surface area contributed by atoms with E-state index >= 15 is 0 Å². The van der Waals surface area contributed by atoms with Crippen LogP contribution >= 0.6 is 55.4 Å². The number of fused-ring (bicyclic) bond motifs is 1. The fraction of sp³-hybridized carbons (Fsp3) is 0.438. The lowest BCUT2D eigenvalue weighted by Crippen LogP contribution is -2.15. The van der Waals surface area contributed by atoms with Crippen molar-refractivity contribution in [2.24, 2.45) is 5.92 Å². The van der Waals surface area contributed by atoms with E-state index in [4.69, 9.17) is 12.2 Å². The van der Waals surface area contributed by atoms with Crippen LogP contribution in [0.3, 0.4) is 0 Å². The van der Waals surface area contributed by atoms with E-state index in [9.17, 15) is 0 Å². The zero-order valence-corrected chi connectivity index (χ0v) is 16.8. The number of rotatable bonds is 2. The molecule has 1 aromatic heterocycles. The molecular formula is C16H17Br2NS2. The molecule has 112 valence electrons. The molecule has 5 heteroatoms. The van der Waals surface area contributed by atoms with Crippen molar-refractivity contribution in [1.82, 2.24) is 4.57 Å². The third-order valence-corrected chi connectivity index (χ3v) is 6.99. The first-order valence-corrected chi connectivity index (χ1v) is 10.0. The normalized spacial score (nSPS) is 18.0. The topological polar surface area (TPSA) is 4.93 Å². The molecule has 0 radical (unpaired) electrons. The predicted octanol–water partition coefficient (Wildman–Crippen LogP) is 6.87. The molecule has 0 saturated carbocycles. The molecule has 1 atom stereocenters. The van der Waals surface area contributed by atoms with Crippen molar-refractivity contribution in [3.63, 3.8) is 0 Å². The SMILES string of the molecule is CC(C)C1CCCc2c1sc(=S)n2-c1c(Br)cccc1Br. The monoisotopic (exact) mass is 445 g/mol. The predicted molar refractivity (Wildman–Crippen MR) is 100 cm³/mol. The fourth-order valence-corrected chi connectivity index (χ4v) is 6.29. The smallest absolute Gasteiger partial charge is 0.166 e. The Kier molecular flexibility index (Phi) is 4.74. The molecule has 0 bridgehead atoms. The maximum absolute atomic E-state index is 5.70. The molecule has 2 aromatic rings. The van der Waals surface area contributed by atoms with Crippen LogP contribution in [0.15, 0.2) is 27.1 Å². The summed E-state index contributed by atoms with van der Waals surface area (Å²) in [5, 5.41) is 0. The van der Waals surface area contributed by atoms with Gasteiger partial charge in [0.1, 0.15) is 0 Å². The van der Waals surface area contributed by atoms with Crippen molar-refractivity contribution in [1.29, 1.82) is 0 Å². The lowest BCUT2D eigenvalue weighted by molar-refractivity contribution is 0.435. The summed E-state index contributed by atoms with van der Waals surface area (Å²) in [5.74, 6) is 1.33. The number of aromatic nitrogens is 1. The summed E-state index contributed by atoms with van der Waals surface area (Å²) in [6.45, 7) is 4.64. The molecule has 1 aliphatic carbocycles. The van der Waals surface area contributed by atoms with E-state index in [1.807, 2.05) is 6.07 Å². The van der Waals surface area contributed by atoms with Crippen molar-refractivity contribution in [2.75, 3.05) is 0 Å². The number of nitrogens with zero attached hydrogens (tertiary/aromatic N) is 1. The second kappa shape index (κ2) is 6.26. The minimum atomic E-state index is 0.656. The molecule has 0 spiro atoms. The first-order valence-electron chi connectivity index (χ1n) is 7.19. The van der Waals surface area contributed by atoms with Gasteiger partial charge in [-0.2, -0.15) is 0 Å². The van der Waals surface area contributed by atoms with Crippen molar-refractivity contribution in [3.8, 4) is 5.69 Å². The minimum Gasteiger partial charge on any atom is -0.293 e. The Hall–Kier alpha value is 0.0300. The quantitative estimate of drug-likeness (QED) is 0.455. The van der Waals surface area contributed by atoms with Gasteiger partial charge in [-0.15, -0.1) is 11.3 Å². The third-order valence-electron chi connectivity index (χ3n) is 4.17. The highest BCUT2D eigenvalue weighted by Gasteiger charge is 2.28. The molecule has 0 N–H and O–H groups in total. The zero-order valence-electron chi connectivity index (χ0n) is 12.0. The Bertz CT molecular complexity index is 710. The van der Waals surface area contributed by atoms with E-state index < -0.39 is 0 Å². The number of benzene rings is 1. The molecule has 0 amide bonds. The van der Waals surface area contributed by atoms with Crippen LogP contribution in [-0.2, 0) is 6.42 Å². The average Bonchev–Trinajstić information content (AvgIpc) is 2.75. The van der Waals surface area contributed by atoms with Gasteiger partial charge in [0.05, 0.1) is 5.69 Å². The van der Waals surface area contributed by atoms with Crippen LogP contribution in [-0.4, -0.2) is 4.57 Å². The van der Waals surface area contributed by atoms with Gasteiger partial charge in [0.15, 0.2) is 3.95 Å². The van der Waals surface area contributed by atoms with Crippen LogP contribution in [0.25, 0.3) is 5.69 Å². The molecule has 0 saturated heterocycles. The zero-order chi connectivity index (χ0) is 15.1. The van der Waals surface area contributed by atoms with Gasteiger partial charge in [-0.25, -0.2) is 0 Å². The number of para-hydroxylation sites is 1. The molecule has 1 aromatic carbocycles. The van der Waals surface area contributed by atoms with Gasteiger partial charge in [-0.1, -0.05) is 19.9 Å². The molecular weight excluding hydrogens is 430 g/mol. The van der Waals surface area contributed by atoms with Crippen LogP contribution in [0.5, 0.6) is 0 Å². The van der Waals surface area contributed by atoms with Crippen molar-refractivity contribution >= 4 is 55.4 Å². The standard InChI is InChI=1S/C16H17Br2NS2/c1-9(2)10-5-3-8-13-15(10)21-16(20)19(13)14-11(17)6-4-7-12(14)18/h4,6-7,9-10H,3,5,8H2,1-2H3. The molecule has 3 rings (SSSR count). The van der Waals surface area contributed by atoms with E-state index in [0.29, 0.717) is 11.8 Å². The number of thiazole rings is 1. The Morgan fingerprint density at radius 2 is 1.95 bits per heavy atom.